The van der Waals surface area contributed by atoms with E-state index in [1.165, 1.54) is 0 Å². The Labute approximate surface area is 78.1 Å². The fraction of sp³-hybridized carbons (Fsp3) is 0.444. The lowest BCUT2D eigenvalue weighted by atomic mass is 10.1. The first-order valence-corrected chi connectivity index (χ1v) is 4.37. The minimum absolute atomic E-state index is 0.0290. The molecule has 1 aliphatic heterocycles. The van der Waals surface area contributed by atoms with Crippen LogP contribution < -0.4 is 16.0 Å². The Morgan fingerprint density at radius 3 is 3.08 bits per heavy atom. The van der Waals surface area contributed by atoms with Crippen molar-refractivity contribution in [2.45, 2.75) is 13.1 Å². The Morgan fingerprint density at radius 1 is 1.69 bits per heavy atom. The highest BCUT2D eigenvalue weighted by atomic mass is 16.1. The van der Waals surface area contributed by atoms with E-state index < -0.39 is 0 Å². The van der Waals surface area contributed by atoms with E-state index >= 15 is 0 Å². The molecule has 1 aliphatic rings. The van der Waals surface area contributed by atoms with E-state index in [9.17, 15) is 4.79 Å². The predicted octanol–water partition coefficient (Wildman–Crippen LogP) is -0.289. The summed E-state index contributed by atoms with van der Waals surface area (Å²) in [5.41, 5.74) is 0.715. The van der Waals surface area contributed by atoms with Crippen LogP contribution in [0.25, 0.3) is 0 Å². The lowest BCUT2D eigenvalue weighted by molar-refractivity contribution is -0.117. The molecule has 13 heavy (non-hydrogen) atoms. The Bertz CT molecular complexity index is 245. The number of nitrogens with one attached hydrogen (secondary N) is 3. The second-order valence-electron chi connectivity index (χ2n) is 2.73. The fourth-order valence-corrected chi connectivity index (χ4v) is 1.20. The molecule has 0 aromatic rings. The number of carbonyl (C=O) groups excluding carboxylic acids is 1. The van der Waals surface area contributed by atoms with Crippen molar-refractivity contribution in [1.82, 2.24) is 16.0 Å². The molecular weight excluding hydrogens is 166 g/mol. The van der Waals surface area contributed by atoms with E-state index in [-0.39, 0.29) is 12.1 Å². The monoisotopic (exact) mass is 181 g/mol. The van der Waals surface area contributed by atoms with Gasteiger partial charge in [-0.2, -0.15) is 0 Å². The molecule has 1 atom stereocenters. The molecule has 0 saturated carbocycles. The van der Waals surface area contributed by atoms with Crippen LogP contribution in [0.2, 0.25) is 0 Å². The standard InChI is InChI=1S/C9H15N3O/c1-3-11-9(13)7-5-4-6-12-8(7)10-2/h4-6,8,10,12H,3H2,1-2H3,(H,11,13). The summed E-state index contributed by atoms with van der Waals surface area (Å²) in [7, 11) is 1.81. The molecule has 1 unspecified atom stereocenters. The van der Waals surface area contributed by atoms with Crippen LogP contribution in [-0.2, 0) is 4.79 Å². The minimum atomic E-state index is -0.0865. The average Bonchev–Trinajstić information content (AvgIpc) is 2.18. The first kappa shape index (κ1) is 9.80. The van der Waals surface area contributed by atoms with Gasteiger partial charge in [0.05, 0.1) is 5.57 Å². The normalized spacial score (nSPS) is 20.5. The maximum Gasteiger partial charge on any atom is 0.250 e. The molecule has 0 fully saturated rings. The molecule has 0 bridgehead atoms. The number of allylic oxidation sites excluding steroid dienone is 2. The summed E-state index contributed by atoms with van der Waals surface area (Å²) < 4.78 is 0. The van der Waals surface area contributed by atoms with Gasteiger partial charge in [0.15, 0.2) is 0 Å². The zero-order valence-corrected chi connectivity index (χ0v) is 7.92. The van der Waals surface area contributed by atoms with Gasteiger partial charge >= 0.3 is 0 Å². The Kier molecular flexibility index (Phi) is 3.52. The highest BCUT2D eigenvalue weighted by Crippen LogP contribution is 2.04. The molecular formula is C9H15N3O. The van der Waals surface area contributed by atoms with E-state index in [4.69, 9.17) is 0 Å². The van der Waals surface area contributed by atoms with Crippen LogP contribution in [0.1, 0.15) is 6.92 Å². The third-order valence-electron chi connectivity index (χ3n) is 1.83. The summed E-state index contributed by atoms with van der Waals surface area (Å²) in [6.45, 7) is 2.55. The van der Waals surface area contributed by atoms with Gasteiger partial charge in [0, 0.05) is 6.54 Å². The van der Waals surface area contributed by atoms with E-state index in [0.717, 1.165) is 0 Å². The molecule has 4 heteroatoms. The van der Waals surface area contributed by atoms with Gasteiger partial charge in [-0.05, 0) is 32.3 Å². The van der Waals surface area contributed by atoms with E-state index in [2.05, 4.69) is 16.0 Å². The fourth-order valence-electron chi connectivity index (χ4n) is 1.20. The second kappa shape index (κ2) is 4.67. The zero-order chi connectivity index (χ0) is 9.68. The van der Waals surface area contributed by atoms with Gasteiger partial charge in [-0.1, -0.05) is 0 Å². The molecule has 0 aromatic heterocycles. The maximum atomic E-state index is 11.5. The summed E-state index contributed by atoms with van der Waals surface area (Å²) >= 11 is 0. The maximum absolute atomic E-state index is 11.5. The molecule has 4 nitrogen and oxygen atoms in total. The van der Waals surface area contributed by atoms with Crippen molar-refractivity contribution >= 4 is 5.91 Å². The van der Waals surface area contributed by atoms with Crippen LogP contribution in [0.5, 0.6) is 0 Å². The summed E-state index contributed by atoms with van der Waals surface area (Å²) in [6, 6.07) is 0. The molecule has 1 rings (SSSR count). The van der Waals surface area contributed by atoms with Gasteiger partial charge in [0.25, 0.3) is 5.91 Å². The predicted molar refractivity (Wildman–Crippen MR) is 51.9 cm³/mol. The van der Waals surface area contributed by atoms with E-state index in [1.54, 1.807) is 0 Å². The Balaban J connectivity index is 2.68. The first-order chi connectivity index (χ1) is 6.29. The lowest BCUT2D eigenvalue weighted by Gasteiger charge is -2.21. The third-order valence-corrected chi connectivity index (χ3v) is 1.83. The second-order valence-corrected chi connectivity index (χ2v) is 2.73. The van der Waals surface area contributed by atoms with Crippen molar-refractivity contribution in [3.05, 3.63) is 23.9 Å². The largest absolute Gasteiger partial charge is 0.372 e. The number of rotatable bonds is 3. The highest BCUT2D eigenvalue weighted by Gasteiger charge is 2.18. The van der Waals surface area contributed by atoms with Crippen molar-refractivity contribution < 1.29 is 4.79 Å². The van der Waals surface area contributed by atoms with Crippen LogP contribution >= 0.6 is 0 Å². The summed E-state index contributed by atoms with van der Waals surface area (Å²) in [6.07, 6.45) is 5.35. The summed E-state index contributed by atoms with van der Waals surface area (Å²) in [5, 5.41) is 8.80. The molecule has 0 spiro atoms. The molecule has 72 valence electrons. The molecule has 0 saturated heterocycles. The SMILES string of the molecule is CCNC(=O)C1=CC=CNC1NC. The van der Waals surface area contributed by atoms with Crippen molar-refractivity contribution in [2.75, 3.05) is 13.6 Å². The molecule has 0 aliphatic carbocycles. The number of carbonyl (C=O) groups is 1. The van der Waals surface area contributed by atoms with Crippen LogP contribution in [0.3, 0.4) is 0 Å². The van der Waals surface area contributed by atoms with Gasteiger partial charge in [-0.15, -0.1) is 0 Å². The van der Waals surface area contributed by atoms with E-state index in [0.29, 0.717) is 12.1 Å². The number of dihydropyridines is 1. The third kappa shape index (κ3) is 2.32. The zero-order valence-electron chi connectivity index (χ0n) is 7.92. The van der Waals surface area contributed by atoms with E-state index in [1.807, 2.05) is 32.3 Å². The van der Waals surface area contributed by atoms with Crippen molar-refractivity contribution in [1.29, 1.82) is 0 Å². The van der Waals surface area contributed by atoms with Gasteiger partial charge in [-0.25, -0.2) is 0 Å². The first-order valence-electron chi connectivity index (χ1n) is 4.37. The van der Waals surface area contributed by atoms with Crippen LogP contribution in [0, 0.1) is 0 Å². The number of hydrogen-bond donors (Lipinski definition) is 3. The summed E-state index contributed by atoms with van der Waals surface area (Å²) in [4.78, 5) is 11.5. The highest BCUT2D eigenvalue weighted by molar-refractivity contribution is 5.95. The van der Waals surface area contributed by atoms with Crippen molar-refractivity contribution in [3.8, 4) is 0 Å². The smallest absolute Gasteiger partial charge is 0.250 e. The molecule has 0 radical (unpaired) electrons. The van der Waals surface area contributed by atoms with Crippen LogP contribution in [0.15, 0.2) is 23.9 Å². The van der Waals surface area contributed by atoms with Crippen molar-refractivity contribution in [3.63, 3.8) is 0 Å². The van der Waals surface area contributed by atoms with Gasteiger partial charge in [-0.3, -0.25) is 10.1 Å². The summed E-state index contributed by atoms with van der Waals surface area (Å²) in [5.74, 6) is -0.0290. The molecule has 0 aromatic carbocycles. The van der Waals surface area contributed by atoms with Gasteiger partial charge in [0.1, 0.15) is 6.17 Å². The minimum Gasteiger partial charge on any atom is -0.372 e. The lowest BCUT2D eigenvalue weighted by Crippen LogP contribution is -2.45. The van der Waals surface area contributed by atoms with Gasteiger partial charge in [0.2, 0.25) is 0 Å². The Hall–Kier alpha value is -1.29. The molecule has 1 amide bonds. The Morgan fingerprint density at radius 2 is 2.46 bits per heavy atom. The molecule has 3 N–H and O–H groups in total. The average molecular weight is 181 g/mol. The van der Waals surface area contributed by atoms with Crippen molar-refractivity contribution in [2.24, 2.45) is 0 Å². The quantitative estimate of drug-likeness (QED) is 0.561. The number of hydrogen-bond acceptors (Lipinski definition) is 3. The van der Waals surface area contributed by atoms with Gasteiger partial charge < -0.3 is 10.6 Å². The number of amides is 1. The van der Waals surface area contributed by atoms with Crippen LogP contribution in [0.4, 0.5) is 0 Å². The van der Waals surface area contributed by atoms with Crippen LogP contribution in [-0.4, -0.2) is 25.7 Å². The molecule has 1 heterocycles. The number of likely N-dealkylation sites (N-methyl/N-ethyl adjacent to an activating group) is 2. The topological polar surface area (TPSA) is 53.2 Å².